The van der Waals surface area contributed by atoms with Crippen molar-refractivity contribution >= 4 is 77.1 Å². The Hall–Kier alpha value is -5.11. The van der Waals surface area contributed by atoms with Crippen molar-refractivity contribution in [1.82, 2.24) is 9.97 Å². The minimum atomic E-state index is -1.72. The summed E-state index contributed by atoms with van der Waals surface area (Å²) in [6.07, 6.45) is 3.65. The number of fused-ring (bicyclic) bond motifs is 6. The number of anilines is 2. The number of rotatable bonds is 5. The molecular formula is C48H37GeIrN4S. The van der Waals surface area contributed by atoms with Gasteiger partial charge in [-0.3, -0.25) is 0 Å². The van der Waals surface area contributed by atoms with Crippen LogP contribution in [-0.4, -0.2) is 23.2 Å². The van der Waals surface area contributed by atoms with Gasteiger partial charge in [0.2, 0.25) is 0 Å². The Bertz CT molecular complexity index is 2750. The summed E-state index contributed by atoms with van der Waals surface area (Å²) in [6, 6.07) is 59.6. The van der Waals surface area contributed by atoms with Crippen LogP contribution in [0.2, 0.25) is 17.3 Å². The van der Waals surface area contributed by atoms with Crippen molar-refractivity contribution in [2.45, 2.75) is 23.4 Å². The first-order valence-electron chi connectivity index (χ1n) is 18.2. The van der Waals surface area contributed by atoms with E-state index >= 15 is 0 Å². The number of hydrogen-bond acceptors (Lipinski definition) is 4. The molecule has 1 atom stereocenters. The second-order valence-electron chi connectivity index (χ2n) is 14.5. The maximum Gasteiger partial charge on any atom is 3.00 e. The first kappa shape index (κ1) is 36.8. The zero-order chi connectivity index (χ0) is 36.6. The van der Waals surface area contributed by atoms with Gasteiger partial charge in [-0.15, -0.1) is 16.6 Å². The zero-order valence-electron chi connectivity index (χ0n) is 30.7. The number of aromatic nitrogens is 2. The third-order valence-electron chi connectivity index (χ3n) is 9.99. The fraction of sp³-hybridized carbons (Fsp3) is 0.0833. The molecular weight excluding hydrogens is 929 g/mol. The largest absolute Gasteiger partial charge is 3.00 e. The van der Waals surface area contributed by atoms with Gasteiger partial charge >= 0.3 is 120 Å². The molecule has 0 spiro atoms. The fourth-order valence-electron chi connectivity index (χ4n) is 7.22. The third kappa shape index (κ3) is 7.12. The Kier molecular flexibility index (Phi) is 10.4. The standard InChI is InChI=1S/C34H21N3S.C14H16GeN.Ir/c1-2-10-22(11-3-1)24-13-6-7-18-29(24)37-30-20-19-23-12-4-5-14-25(23)31(30)36-33(37)28-16-8-15-26-27-17-9-21-35-34(27)38-32(26)28;1-15(2,3)13-9-10-14(16-11-13)12-7-5-4-6-8-12;/h1-15,17-21,33H;4-7,9-11H,1-3H3;/q-2;-1;+3. The number of hydrogen-bond donors (Lipinski definition) is 0. The molecule has 1 unspecified atom stereocenters. The van der Waals surface area contributed by atoms with E-state index < -0.39 is 13.3 Å². The molecule has 0 aliphatic carbocycles. The van der Waals surface area contributed by atoms with Gasteiger partial charge in [-0.1, -0.05) is 89.6 Å². The summed E-state index contributed by atoms with van der Waals surface area (Å²) in [5.41, 5.74) is 8.79. The Morgan fingerprint density at radius 3 is 2.24 bits per heavy atom. The molecule has 0 bridgehead atoms. The van der Waals surface area contributed by atoms with E-state index in [1.54, 1.807) is 11.3 Å². The van der Waals surface area contributed by atoms with Gasteiger partial charge < -0.3 is 10.2 Å². The molecule has 0 amide bonds. The van der Waals surface area contributed by atoms with Gasteiger partial charge in [0.15, 0.2) is 0 Å². The third-order valence-corrected chi connectivity index (χ3v) is 15.4. The molecule has 4 nitrogen and oxygen atoms in total. The van der Waals surface area contributed by atoms with Crippen LogP contribution in [0.3, 0.4) is 0 Å². The van der Waals surface area contributed by atoms with Crippen LogP contribution in [0.15, 0.2) is 164 Å². The predicted octanol–water partition coefficient (Wildman–Crippen LogP) is 13.0. The van der Waals surface area contributed by atoms with E-state index in [0.29, 0.717) is 0 Å². The van der Waals surface area contributed by atoms with E-state index in [9.17, 15) is 0 Å². The van der Waals surface area contributed by atoms with Crippen molar-refractivity contribution in [2.24, 2.45) is 0 Å². The molecule has 9 aromatic rings. The van der Waals surface area contributed by atoms with Crippen LogP contribution in [0.25, 0.3) is 58.8 Å². The van der Waals surface area contributed by atoms with Gasteiger partial charge in [0.25, 0.3) is 0 Å². The van der Waals surface area contributed by atoms with Crippen molar-refractivity contribution in [1.29, 1.82) is 0 Å². The van der Waals surface area contributed by atoms with Crippen molar-refractivity contribution in [3.8, 4) is 22.4 Å². The van der Waals surface area contributed by atoms with Gasteiger partial charge in [-0.05, 0) is 46.1 Å². The molecule has 1 aliphatic rings. The molecule has 0 radical (unpaired) electrons. The van der Waals surface area contributed by atoms with Gasteiger partial charge in [0.1, 0.15) is 4.83 Å². The van der Waals surface area contributed by atoms with E-state index in [-0.39, 0.29) is 26.3 Å². The van der Waals surface area contributed by atoms with Crippen LogP contribution >= 0.6 is 11.3 Å². The minimum Gasteiger partial charge on any atom is -0.661 e. The quantitative estimate of drug-likeness (QED) is 0.127. The average Bonchev–Trinajstić information content (AvgIpc) is 3.81. The summed E-state index contributed by atoms with van der Waals surface area (Å²) in [6.45, 7) is 0. The van der Waals surface area contributed by atoms with Crippen molar-refractivity contribution in [2.75, 3.05) is 4.90 Å². The molecule has 0 saturated carbocycles. The van der Waals surface area contributed by atoms with Crippen molar-refractivity contribution in [3.05, 3.63) is 187 Å². The molecule has 0 N–H and O–H groups in total. The Balaban J connectivity index is 0.000000212. The molecule has 0 saturated heterocycles. The van der Waals surface area contributed by atoms with Gasteiger partial charge in [0, 0.05) is 23.1 Å². The topological polar surface area (TPSA) is 43.1 Å². The van der Waals surface area contributed by atoms with Crippen LogP contribution in [-0.2, 0) is 20.1 Å². The molecule has 0 fully saturated rings. The second kappa shape index (κ2) is 15.6. The fourth-order valence-corrected chi connectivity index (χ4v) is 10.6. The maximum atomic E-state index is 5.44. The minimum absolute atomic E-state index is 0. The Labute approximate surface area is 342 Å². The van der Waals surface area contributed by atoms with Crippen molar-refractivity contribution < 1.29 is 20.1 Å². The number of nitrogens with zero attached hydrogens (tertiary/aromatic N) is 4. The summed E-state index contributed by atoms with van der Waals surface area (Å²) >= 11 is 0.0104. The summed E-state index contributed by atoms with van der Waals surface area (Å²) in [4.78, 5) is 12.6. The molecule has 3 aromatic heterocycles. The molecule has 6 aromatic carbocycles. The number of pyridine rings is 2. The summed E-state index contributed by atoms with van der Waals surface area (Å²) in [5.74, 6) is 7.14. The number of para-hydroxylation sites is 1. The van der Waals surface area contributed by atoms with Gasteiger partial charge in [-0.2, -0.15) is 29.5 Å². The Morgan fingerprint density at radius 1 is 0.655 bits per heavy atom. The Morgan fingerprint density at radius 2 is 1.44 bits per heavy atom. The SMILES string of the molecule is [CH3][Ge]([CH3])([CH3])[c]1ccc(-c2[c-]cccc2)nc1.[Ir+3].[c-]1ccc2c(sc3ncccc32)c1C1[N-]c2c(ccc3ccccc23)N1c1ccccc1-c1ccccc1. The average molecular weight is 967 g/mol. The van der Waals surface area contributed by atoms with Crippen LogP contribution < -0.4 is 9.30 Å². The first-order valence-corrected chi connectivity index (χ1v) is 26.4. The molecule has 4 heterocycles. The molecule has 1 aliphatic heterocycles. The first-order chi connectivity index (χ1) is 26.4. The summed E-state index contributed by atoms with van der Waals surface area (Å²) < 4.78 is 2.63. The normalized spacial score (nSPS) is 13.5. The van der Waals surface area contributed by atoms with Gasteiger partial charge in [0.05, 0.1) is 0 Å². The monoisotopic (exact) mass is 968 g/mol. The van der Waals surface area contributed by atoms with Crippen LogP contribution in [0, 0.1) is 12.1 Å². The summed E-state index contributed by atoms with van der Waals surface area (Å²) in [7, 11) is 0. The van der Waals surface area contributed by atoms with Crippen LogP contribution in [0.4, 0.5) is 17.1 Å². The summed E-state index contributed by atoms with van der Waals surface area (Å²) in [5, 5.41) is 10.2. The van der Waals surface area contributed by atoms with Crippen LogP contribution in [0.1, 0.15) is 11.7 Å². The second-order valence-corrected chi connectivity index (χ2v) is 26.1. The van der Waals surface area contributed by atoms with E-state index in [1.165, 1.54) is 41.8 Å². The number of benzene rings is 6. The van der Waals surface area contributed by atoms with Gasteiger partial charge in [-0.25, -0.2) is 4.98 Å². The van der Waals surface area contributed by atoms with E-state index in [0.717, 1.165) is 38.7 Å². The molecule has 268 valence electrons. The molecule has 7 heteroatoms. The van der Waals surface area contributed by atoms with E-state index in [2.05, 4.69) is 160 Å². The zero-order valence-corrected chi connectivity index (χ0v) is 36.0. The van der Waals surface area contributed by atoms with Crippen molar-refractivity contribution in [3.63, 3.8) is 0 Å². The predicted molar refractivity (Wildman–Crippen MR) is 231 cm³/mol. The van der Waals surface area contributed by atoms with Crippen LogP contribution in [0.5, 0.6) is 0 Å². The molecule has 55 heavy (non-hydrogen) atoms. The smallest absolute Gasteiger partial charge is 0.661 e. The van der Waals surface area contributed by atoms with E-state index in [4.69, 9.17) is 5.32 Å². The molecule has 10 rings (SSSR count). The van der Waals surface area contributed by atoms with E-state index in [1.807, 2.05) is 48.8 Å². The number of thiophene rings is 1. The maximum absolute atomic E-state index is 5.44.